The zero-order valence-electron chi connectivity index (χ0n) is 21.6. The number of allylic oxidation sites excluding steroid dienone is 1. The van der Waals surface area contributed by atoms with Gasteiger partial charge in [-0.3, -0.25) is 10.1 Å². The molecular weight excluding hydrogens is 546 g/mol. The number of nitrogens with one attached hydrogen (secondary N) is 2. The van der Waals surface area contributed by atoms with Gasteiger partial charge in [0.2, 0.25) is 10.0 Å². The van der Waals surface area contributed by atoms with Gasteiger partial charge in [0.05, 0.1) is 40.6 Å². The fourth-order valence-electron chi connectivity index (χ4n) is 4.10. The van der Waals surface area contributed by atoms with E-state index in [4.69, 9.17) is 9.47 Å². The van der Waals surface area contributed by atoms with E-state index in [-0.39, 0.29) is 40.6 Å². The average Bonchev–Trinajstić information content (AvgIpc) is 2.92. The highest BCUT2D eigenvalue weighted by atomic mass is 32.2. The smallest absolute Gasteiger partial charge is 0.336 e. The third-order valence-electron chi connectivity index (χ3n) is 5.80. The molecule has 3 rings (SSSR count). The van der Waals surface area contributed by atoms with E-state index in [1.54, 1.807) is 38.1 Å². The molecule has 1 aliphatic rings. The molecule has 0 spiro atoms. The van der Waals surface area contributed by atoms with Crippen molar-refractivity contribution in [1.82, 2.24) is 10.0 Å². The van der Waals surface area contributed by atoms with Crippen molar-refractivity contribution in [3.05, 3.63) is 92.8 Å². The summed E-state index contributed by atoms with van der Waals surface area (Å²) in [4.78, 5) is 37.1. The first-order valence-corrected chi connectivity index (χ1v) is 14.6. The molecule has 0 saturated carbocycles. The number of thioether (sulfide) groups is 1. The quantitative estimate of drug-likeness (QED) is 0.167. The standard InChI is InChI=1S/C26H29N3O8S2/c1-4-37-26(31)24-21(16-38-14-13-27-39(34,35)20-11-6-5-7-12-20)28-17(2)22(25(30)36-3)23(24)18-9-8-10-19(15-18)29(32)33/h5-12,15,23,27-28H,4,13-14,16H2,1-3H3. The first kappa shape index (κ1) is 29.9. The number of benzene rings is 2. The highest BCUT2D eigenvalue weighted by Crippen LogP contribution is 2.40. The Morgan fingerprint density at radius 1 is 1.10 bits per heavy atom. The molecule has 39 heavy (non-hydrogen) atoms. The second-order valence-electron chi connectivity index (χ2n) is 8.32. The molecule has 1 unspecified atom stereocenters. The Morgan fingerprint density at radius 3 is 2.46 bits per heavy atom. The first-order valence-electron chi connectivity index (χ1n) is 11.9. The second-order valence-corrected chi connectivity index (χ2v) is 11.2. The normalized spacial score (nSPS) is 15.5. The maximum absolute atomic E-state index is 13.2. The number of sulfonamides is 1. The molecule has 0 aromatic heterocycles. The van der Waals surface area contributed by atoms with Crippen molar-refractivity contribution >= 4 is 39.4 Å². The lowest BCUT2D eigenvalue weighted by atomic mass is 9.80. The highest BCUT2D eigenvalue weighted by molar-refractivity contribution is 7.99. The summed E-state index contributed by atoms with van der Waals surface area (Å²) < 4.78 is 37.7. The third kappa shape index (κ3) is 7.25. The van der Waals surface area contributed by atoms with E-state index in [0.29, 0.717) is 22.7 Å². The molecule has 0 radical (unpaired) electrons. The number of rotatable bonds is 12. The van der Waals surface area contributed by atoms with E-state index in [2.05, 4.69) is 10.0 Å². The third-order valence-corrected chi connectivity index (χ3v) is 8.26. The number of carbonyl (C=O) groups excluding carboxylic acids is 2. The topological polar surface area (TPSA) is 154 Å². The Balaban J connectivity index is 1.91. The van der Waals surface area contributed by atoms with E-state index in [1.807, 2.05) is 0 Å². The van der Waals surface area contributed by atoms with Crippen molar-refractivity contribution < 1.29 is 32.4 Å². The van der Waals surface area contributed by atoms with E-state index in [1.165, 1.54) is 49.2 Å². The number of nitro benzene ring substituents is 1. The molecule has 2 N–H and O–H groups in total. The predicted molar refractivity (Wildman–Crippen MR) is 146 cm³/mol. The molecule has 0 saturated heterocycles. The Labute approximate surface area is 230 Å². The Hall–Kier alpha value is -3.68. The van der Waals surface area contributed by atoms with Crippen LogP contribution in [0.25, 0.3) is 0 Å². The van der Waals surface area contributed by atoms with Gasteiger partial charge in [-0.05, 0) is 31.5 Å². The molecule has 0 bridgehead atoms. The molecule has 0 aliphatic carbocycles. The summed E-state index contributed by atoms with van der Waals surface area (Å²) in [6, 6.07) is 13.7. The molecular formula is C26H29N3O8S2. The number of hydrogen-bond acceptors (Lipinski definition) is 10. The summed E-state index contributed by atoms with van der Waals surface area (Å²) in [7, 11) is -2.45. The number of hydrogen-bond donors (Lipinski definition) is 2. The van der Waals surface area contributed by atoms with Crippen molar-refractivity contribution in [2.24, 2.45) is 0 Å². The lowest BCUT2D eigenvalue weighted by Crippen LogP contribution is -2.34. The van der Waals surface area contributed by atoms with Gasteiger partial charge in [0.15, 0.2) is 0 Å². The molecule has 13 heteroatoms. The van der Waals surface area contributed by atoms with Crippen molar-refractivity contribution in [3.8, 4) is 0 Å². The molecule has 2 aromatic rings. The van der Waals surface area contributed by atoms with Crippen molar-refractivity contribution in [1.29, 1.82) is 0 Å². The van der Waals surface area contributed by atoms with Crippen LogP contribution in [0, 0.1) is 10.1 Å². The van der Waals surface area contributed by atoms with Crippen LogP contribution in [0.15, 0.2) is 82.0 Å². The number of esters is 2. The van der Waals surface area contributed by atoms with Gasteiger partial charge in [-0.1, -0.05) is 30.3 Å². The molecule has 1 atom stereocenters. The number of ether oxygens (including phenoxy) is 2. The Kier molecular flexibility index (Phi) is 10.3. The van der Waals surface area contributed by atoms with Crippen LogP contribution < -0.4 is 10.0 Å². The van der Waals surface area contributed by atoms with Crippen LogP contribution in [-0.4, -0.2) is 57.0 Å². The molecule has 2 aromatic carbocycles. The monoisotopic (exact) mass is 575 g/mol. The van der Waals surface area contributed by atoms with Gasteiger partial charge in [-0.2, -0.15) is 11.8 Å². The zero-order valence-corrected chi connectivity index (χ0v) is 23.3. The predicted octanol–water partition coefficient (Wildman–Crippen LogP) is 3.26. The summed E-state index contributed by atoms with van der Waals surface area (Å²) in [6.07, 6.45) is 0. The van der Waals surface area contributed by atoms with Gasteiger partial charge < -0.3 is 14.8 Å². The highest BCUT2D eigenvalue weighted by Gasteiger charge is 2.39. The fourth-order valence-corrected chi connectivity index (χ4v) is 6.10. The minimum absolute atomic E-state index is 0.0714. The minimum Gasteiger partial charge on any atom is -0.466 e. The lowest BCUT2D eigenvalue weighted by molar-refractivity contribution is -0.384. The van der Waals surface area contributed by atoms with E-state index < -0.39 is 32.8 Å². The van der Waals surface area contributed by atoms with Crippen molar-refractivity contribution in [2.45, 2.75) is 24.7 Å². The van der Waals surface area contributed by atoms with Crippen molar-refractivity contribution in [2.75, 3.05) is 31.8 Å². The van der Waals surface area contributed by atoms with Crippen LogP contribution in [0.4, 0.5) is 5.69 Å². The van der Waals surface area contributed by atoms with Crippen LogP contribution >= 0.6 is 11.8 Å². The van der Waals surface area contributed by atoms with Crippen LogP contribution in [-0.2, 0) is 29.1 Å². The number of methoxy groups -OCH3 is 1. The number of nitrogens with zero attached hydrogens (tertiary/aromatic N) is 1. The average molecular weight is 576 g/mol. The SMILES string of the molecule is CCOC(=O)C1=C(CSCCNS(=O)(=O)c2ccccc2)NC(C)=C(C(=O)OC)C1c1cccc([N+](=O)[O-])c1. The largest absolute Gasteiger partial charge is 0.466 e. The van der Waals surface area contributed by atoms with E-state index in [9.17, 15) is 28.1 Å². The van der Waals surface area contributed by atoms with Gasteiger partial charge in [-0.25, -0.2) is 22.7 Å². The maximum atomic E-state index is 13.2. The van der Waals surface area contributed by atoms with Gasteiger partial charge in [-0.15, -0.1) is 0 Å². The van der Waals surface area contributed by atoms with Gasteiger partial charge in [0.1, 0.15) is 0 Å². The van der Waals surface area contributed by atoms with Gasteiger partial charge >= 0.3 is 11.9 Å². The van der Waals surface area contributed by atoms with Crippen LogP contribution in [0.1, 0.15) is 25.3 Å². The van der Waals surface area contributed by atoms with Crippen molar-refractivity contribution in [3.63, 3.8) is 0 Å². The number of dihydropyridines is 1. The Morgan fingerprint density at radius 2 is 1.82 bits per heavy atom. The summed E-state index contributed by atoms with van der Waals surface area (Å²) in [5.74, 6) is -1.74. The van der Waals surface area contributed by atoms with Crippen LogP contribution in [0.3, 0.4) is 0 Å². The van der Waals surface area contributed by atoms with E-state index >= 15 is 0 Å². The fraction of sp³-hybridized carbons (Fsp3) is 0.308. The second kappa shape index (κ2) is 13.4. The van der Waals surface area contributed by atoms with E-state index in [0.717, 1.165) is 0 Å². The van der Waals surface area contributed by atoms with Gasteiger partial charge in [0, 0.05) is 41.6 Å². The molecule has 1 aliphatic heterocycles. The number of non-ortho nitro benzene ring substituents is 1. The maximum Gasteiger partial charge on any atom is 0.336 e. The van der Waals surface area contributed by atoms with Crippen LogP contribution in [0.5, 0.6) is 0 Å². The molecule has 0 fully saturated rings. The Bertz CT molecular complexity index is 1410. The number of nitro groups is 1. The van der Waals surface area contributed by atoms with Crippen LogP contribution in [0.2, 0.25) is 0 Å². The molecule has 1 heterocycles. The number of carbonyl (C=O) groups is 2. The zero-order chi connectivity index (χ0) is 28.6. The first-order chi connectivity index (χ1) is 18.6. The summed E-state index contributed by atoms with van der Waals surface area (Å²) in [5, 5.41) is 14.6. The summed E-state index contributed by atoms with van der Waals surface area (Å²) in [6.45, 7) is 3.51. The molecule has 0 amide bonds. The summed E-state index contributed by atoms with van der Waals surface area (Å²) in [5.41, 5.74) is 1.29. The lowest BCUT2D eigenvalue weighted by Gasteiger charge is -2.31. The molecule has 208 valence electrons. The molecule has 11 nitrogen and oxygen atoms in total. The van der Waals surface area contributed by atoms with Gasteiger partial charge in [0.25, 0.3) is 5.69 Å². The summed E-state index contributed by atoms with van der Waals surface area (Å²) >= 11 is 1.36. The minimum atomic E-state index is -3.66.